The van der Waals surface area contributed by atoms with Crippen molar-refractivity contribution in [3.8, 4) is 6.07 Å². The van der Waals surface area contributed by atoms with Crippen LogP contribution in [-0.2, 0) is 20.7 Å². The zero-order valence-corrected chi connectivity index (χ0v) is 13.9. The number of carbonyl (C=O) groups is 2. The third kappa shape index (κ3) is 5.27. The van der Waals surface area contributed by atoms with E-state index in [1.807, 2.05) is 6.07 Å². The molecule has 0 aliphatic rings. The third-order valence-corrected chi connectivity index (χ3v) is 3.49. The number of halogens is 2. The quantitative estimate of drug-likeness (QED) is 0.824. The summed E-state index contributed by atoms with van der Waals surface area (Å²) in [6, 6.07) is 13.2. The molecule has 24 heavy (non-hydrogen) atoms. The number of nitrogens with zero attached hydrogens (tertiary/aromatic N) is 1. The van der Waals surface area contributed by atoms with E-state index in [0.29, 0.717) is 10.0 Å². The molecule has 7 heteroatoms. The van der Waals surface area contributed by atoms with Gasteiger partial charge in [-0.1, -0.05) is 35.3 Å². The zero-order chi connectivity index (χ0) is 17.5. The standard InChI is InChI=1S/C17H12Cl2N2O3/c18-13-4-1-11(2-5-13)7-17(23)24-10-16(22)21-15-8-14(19)6-3-12(15)9-20/h1-6,8H,7,10H2,(H,21,22). The number of nitriles is 1. The van der Waals surface area contributed by atoms with Crippen molar-refractivity contribution in [2.45, 2.75) is 6.42 Å². The number of carbonyl (C=O) groups excluding carboxylic acids is 2. The first-order valence-electron chi connectivity index (χ1n) is 6.87. The van der Waals surface area contributed by atoms with Gasteiger partial charge in [0.25, 0.3) is 5.91 Å². The van der Waals surface area contributed by atoms with Crippen LogP contribution in [0, 0.1) is 11.3 Å². The Kier molecular flexibility index (Phi) is 6.19. The fourth-order valence-electron chi connectivity index (χ4n) is 1.87. The highest BCUT2D eigenvalue weighted by Gasteiger charge is 2.11. The molecule has 122 valence electrons. The molecule has 5 nitrogen and oxygen atoms in total. The summed E-state index contributed by atoms with van der Waals surface area (Å²) >= 11 is 11.6. The molecule has 2 aromatic carbocycles. The Morgan fingerprint density at radius 2 is 1.75 bits per heavy atom. The van der Waals surface area contributed by atoms with Gasteiger partial charge in [0.15, 0.2) is 6.61 Å². The SMILES string of the molecule is N#Cc1ccc(Cl)cc1NC(=O)COC(=O)Cc1ccc(Cl)cc1. The van der Waals surface area contributed by atoms with Crippen LogP contribution in [0.5, 0.6) is 0 Å². The number of hydrogen-bond acceptors (Lipinski definition) is 4. The summed E-state index contributed by atoms with van der Waals surface area (Å²) in [6.07, 6.45) is 0.0328. The summed E-state index contributed by atoms with van der Waals surface area (Å²) < 4.78 is 4.91. The summed E-state index contributed by atoms with van der Waals surface area (Å²) in [6.45, 7) is -0.455. The molecule has 0 saturated carbocycles. The molecule has 0 atom stereocenters. The minimum Gasteiger partial charge on any atom is -0.455 e. The second-order valence-electron chi connectivity index (χ2n) is 4.81. The molecular weight excluding hydrogens is 351 g/mol. The van der Waals surface area contributed by atoms with E-state index in [1.165, 1.54) is 12.1 Å². The van der Waals surface area contributed by atoms with Gasteiger partial charge in [-0.2, -0.15) is 5.26 Å². The predicted octanol–water partition coefficient (Wildman–Crippen LogP) is 3.59. The van der Waals surface area contributed by atoms with Crippen LogP contribution in [0.2, 0.25) is 10.0 Å². The molecule has 1 N–H and O–H groups in total. The number of benzene rings is 2. The Bertz CT molecular complexity index is 798. The summed E-state index contributed by atoms with van der Waals surface area (Å²) in [5, 5.41) is 12.4. The van der Waals surface area contributed by atoms with Crippen LogP contribution in [0.25, 0.3) is 0 Å². The van der Waals surface area contributed by atoms with Crippen molar-refractivity contribution in [1.82, 2.24) is 0 Å². The van der Waals surface area contributed by atoms with E-state index >= 15 is 0 Å². The van der Waals surface area contributed by atoms with Gasteiger partial charge < -0.3 is 10.1 Å². The highest BCUT2D eigenvalue weighted by Crippen LogP contribution is 2.20. The second kappa shape index (κ2) is 8.34. The van der Waals surface area contributed by atoms with Crippen LogP contribution < -0.4 is 5.32 Å². The maximum Gasteiger partial charge on any atom is 0.310 e. The average molecular weight is 363 g/mol. The van der Waals surface area contributed by atoms with Gasteiger partial charge in [0, 0.05) is 10.0 Å². The maximum atomic E-state index is 11.8. The van der Waals surface area contributed by atoms with E-state index in [-0.39, 0.29) is 17.7 Å². The molecular formula is C17H12Cl2N2O3. The minimum absolute atomic E-state index is 0.0328. The van der Waals surface area contributed by atoms with Crippen LogP contribution in [0.15, 0.2) is 42.5 Å². The number of amides is 1. The molecule has 0 heterocycles. The highest BCUT2D eigenvalue weighted by atomic mass is 35.5. The Morgan fingerprint density at radius 1 is 1.08 bits per heavy atom. The van der Waals surface area contributed by atoms with Crippen LogP contribution >= 0.6 is 23.2 Å². The molecule has 0 bridgehead atoms. The lowest BCUT2D eigenvalue weighted by atomic mass is 10.1. The van der Waals surface area contributed by atoms with E-state index in [4.69, 9.17) is 33.2 Å². The lowest BCUT2D eigenvalue weighted by Gasteiger charge is -2.08. The van der Waals surface area contributed by atoms with E-state index in [1.54, 1.807) is 30.3 Å². The molecule has 0 aliphatic carbocycles. The van der Waals surface area contributed by atoms with Gasteiger partial charge in [0.2, 0.25) is 0 Å². The van der Waals surface area contributed by atoms with E-state index < -0.39 is 18.5 Å². The molecule has 0 spiro atoms. The first kappa shape index (κ1) is 17.8. The Hall–Kier alpha value is -2.55. The van der Waals surface area contributed by atoms with Crippen molar-refractivity contribution in [2.75, 3.05) is 11.9 Å². The molecule has 0 saturated heterocycles. The predicted molar refractivity (Wildman–Crippen MR) is 90.9 cm³/mol. The maximum absolute atomic E-state index is 11.8. The monoisotopic (exact) mass is 362 g/mol. The molecule has 0 aromatic heterocycles. The van der Waals surface area contributed by atoms with Gasteiger partial charge in [-0.25, -0.2) is 0 Å². The largest absolute Gasteiger partial charge is 0.455 e. The van der Waals surface area contributed by atoms with Crippen molar-refractivity contribution in [2.24, 2.45) is 0 Å². The van der Waals surface area contributed by atoms with Crippen molar-refractivity contribution in [1.29, 1.82) is 5.26 Å². The van der Waals surface area contributed by atoms with Gasteiger partial charge >= 0.3 is 5.97 Å². The van der Waals surface area contributed by atoms with Gasteiger partial charge in [-0.05, 0) is 35.9 Å². The van der Waals surface area contributed by atoms with E-state index in [2.05, 4.69) is 5.32 Å². The van der Waals surface area contributed by atoms with Gasteiger partial charge in [0.05, 0.1) is 17.7 Å². The lowest BCUT2D eigenvalue weighted by Crippen LogP contribution is -2.22. The third-order valence-electron chi connectivity index (χ3n) is 3.00. The van der Waals surface area contributed by atoms with Crippen LogP contribution in [0.4, 0.5) is 5.69 Å². The normalized spacial score (nSPS) is 9.88. The van der Waals surface area contributed by atoms with Crippen molar-refractivity contribution in [3.05, 3.63) is 63.6 Å². The molecule has 0 fully saturated rings. The van der Waals surface area contributed by atoms with Gasteiger partial charge in [-0.15, -0.1) is 0 Å². The molecule has 0 radical (unpaired) electrons. The van der Waals surface area contributed by atoms with Gasteiger partial charge in [-0.3, -0.25) is 9.59 Å². The molecule has 1 amide bonds. The van der Waals surface area contributed by atoms with Crippen LogP contribution in [-0.4, -0.2) is 18.5 Å². The number of rotatable bonds is 5. The fraction of sp³-hybridized carbons (Fsp3) is 0.118. The molecule has 0 unspecified atom stereocenters. The Labute approximate surface area is 148 Å². The van der Waals surface area contributed by atoms with Crippen molar-refractivity contribution >= 4 is 40.8 Å². The van der Waals surface area contributed by atoms with Crippen molar-refractivity contribution in [3.63, 3.8) is 0 Å². The Morgan fingerprint density at radius 3 is 2.42 bits per heavy atom. The first-order chi connectivity index (χ1) is 11.5. The zero-order valence-electron chi connectivity index (χ0n) is 12.4. The molecule has 2 aromatic rings. The average Bonchev–Trinajstić information content (AvgIpc) is 2.55. The molecule has 2 rings (SSSR count). The number of hydrogen-bond donors (Lipinski definition) is 1. The summed E-state index contributed by atoms with van der Waals surface area (Å²) in [7, 11) is 0. The summed E-state index contributed by atoms with van der Waals surface area (Å²) in [5.41, 5.74) is 1.26. The highest BCUT2D eigenvalue weighted by molar-refractivity contribution is 6.31. The summed E-state index contributed by atoms with van der Waals surface area (Å²) in [5.74, 6) is -1.10. The van der Waals surface area contributed by atoms with Crippen molar-refractivity contribution < 1.29 is 14.3 Å². The smallest absolute Gasteiger partial charge is 0.310 e. The molecule has 0 aliphatic heterocycles. The van der Waals surface area contributed by atoms with Gasteiger partial charge in [0.1, 0.15) is 6.07 Å². The Balaban J connectivity index is 1.87. The van der Waals surface area contributed by atoms with Crippen LogP contribution in [0.3, 0.4) is 0 Å². The summed E-state index contributed by atoms with van der Waals surface area (Å²) in [4.78, 5) is 23.6. The number of ether oxygens (including phenoxy) is 1. The second-order valence-corrected chi connectivity index (χ2v) is 5.69. The van der Waals surface area contributed by atoms with Crippen LogP contribution in [0.1, 0.15) is 11.1 Å². The van der Waals surface area contributed by atoms with E-state index in [9.17, 15) is 9.59 Å². The first-order valence-corrected chi connectivity index (χ1v) is 7.63. The lowest BCUT2D eigenvalue weighted by molar-refractivity contribution is -0.146. The number of nitrogens with one attached hydrogen (secondary N) is 1. The topological polar surface area (TPSA) is 79.2 Å². The fourth-order valence-corrected chi connectivity index (χ4v) is 2.17. The number of esters is 1. The minimum atomic E-state index is -0.557. The number of anilines is 1. The van der Waals surface area contributed by atoms with E-state index in [0.717, 1.165) is 5.56 Å².